The number of rotatable bonds is 6. The molecule has 1 spiro atoms. The van der Waals surface area contributed by atoms with Crippen LogP contribution in [0.2, 0.25) is 0 Å². The summed E-state index contributed by atoms with van der Waals surface area (Å²) in [5, 5.41) is 3.04. The highest BCUT2D eigenvalue weighted by atomic mass is 16.5. The molecule has 0 unspecified atom stereocenters. The first-order valence-electron chi connectivity index (χ1n) is 14.3. The molecular formula is C36H28N2O6. The van der Waals surface area contributed by atoms with Gasteiger partial charge in [0, 0.05) is 29.4 Å². The fraction of sp³-hybridized carbons (Fsp3) is 0.167. The number of benzene rings is 4. The first kappa shape index (κ1) is 27.3. The normalized spacial score (nSPS) is 22.5. The molecule has 1 N–H and O–H groups in total. The number of nitrogens with zero attached hydrogens (tertiary/aromatic N) is 1. The van der Waals surface area contributed by atoms with Crippen LogP contribution in [-0.2, 0) is 15.0 Å². The van der Waals surface area contributed by atoms with Gasteiger partial charge >= 0.3 is 5.97 Å². The van der Waals surface area contributed by atoms with Crippen LogP contribution in [0.15, 0.2) is 103 Å². The van der Waals surface area contributed by atoms with Gasteiger partial charge in [-0.15, -0.1) is 0 Å². The minimum absolute atomic E-state index is 0.302. The Balaban J connectivity index is 1.47. The van der Waals surface area contributed by atoms with Crippen molar-refractivity contribution in [2.24, 2.45) is 5.92 Å². The smallest absolute Gasteiger partial charge is 0.308 e. The van der Waals surface area contributed by atoms with E-state index in [1.54, 1.807) is 55.6 Å². The highest BCUT2D eigenvalue weighted by molar-refractivity contribution is 6.18. The Kier molecular flexibility index (Phi) is 6.43. The molecule has 0 aromatic heterocycles. The molecule has 8 nitrogen and oxygen atoms in total. The van der Waals surface area contributed by atoms with Crippen LogP contribution in [0.4, 0.5) is 11.4 Å². The van der Waals surface area contributed by atoms with E-state index in [1.165, 1.54) is 6.92 Å². The number of ketones is 2. The number of methoxy groups -OCH3 is 1. The maximum atomic E-state index is 14.9. The molecule has 1 saturated heterocycles. The largest absolute Gasteiger partial charge is 0.497 e. The summed E-state index contributed by atoms with van der Waals surface area (Å²) in [4.78, 5) is 57.5. The molecule has 218 valence electrons. The number of carbonyl (C=O) groups excluding carboxylic acids is 4. The Morgan fingerprint density at radius 2 is 1.43 bits per heavy atom. The molecule has 44 heavy (non-hydrogen) atoms. The average Bonchev–Trinajstić information content (AvgIpc) is 3.52. The number of hydrogen-bond acceptors (Lipinski definition) is 7. The Hall–Kier alpha value is -5.50. The predicted molar refractivity (Wildman–Crippen MR) is 165 cm³/mol. The van der Waals surface area contributed by atoms with Gasteiger partial charge in [0.1, 0.15) is 23.0 Å². The van der Waals surface area contributed by atoms with Crippen LogP contribution in [0.3, 0.4) is 0 Å². The highest BCUT2D eigenvalue weighted by Crippen LogP contribution is 2.58. The minimum Gasteiger partial charge on any atom is -0.497 e. The van der Waals surface area contributed by atoms with Crippen LogP contribution < -0.4 is 19.7 Å². The number of nitrogens with one attached hydrogen (secondary N) is 1. The van der Waals surface area contributed by atoms with Crippen molar-refractivity contribution in [3.63, 3.8) is 0 Å². The highest BCUT2D eigenvalue weighted by Gasteiger charge is 2.70. The molecule has 0 bridgehead atoms. The van der Waals surface area contributed by atoms with Crippen LogP contribution in [0.25, 0.3) is 6.08 Å². The van der Waals surface area contributed by atoms with E-state index < -0.39 is 29.4 Å². The Morgan fingerprint density at radius 3 is 2.14 bits per heavy atom. The zero-order valence-electron chi connectivity index (χ0n) is 24.0. The van der Waals surface area contributed by atoms with Gasteiger partial charge in [-0.25, -0.2) is 0 Å². The second-order valence-electron chi connectivity index (χ2n) is 11.1. The summed E-state index contributed by atoms with van der Waals surface area (Å²) in [6, 6.07) is 26.4. The number of ether oxygens (including phenoxy) is 2. The summed E-state index contributed by atoms with van der Waals surface area (Å²) in [6.07, 6.45) is 3.90. The minimum atomic E-state index is -1.41. The SMILES string of the molecule is COc1ccc(C(=O)[C@@H]2[C@H](C(=O)c3ccc(OC(C)=O)cc3)N3c4ccccc4C=C[C@H]3[C@@]23C(=O)Nc2ccccc23)cc1. The van der Waals surface area contributed by atoms with Crippen molar-refractivity contribution >= 4 is 40.9 Å². The number of esters is 1. The maximum Gasteiger partial charge on any atom is 0.308 e. The van der Waals surface area contributed by atoms with Crippen molar-refractivity contribution in [3.05, 3.63) is 125 Å². The van der Waals surface area contributed by atoms with E-state index in [4.69, 9.17) is 9.47 Å². The Bertz CT molecular complexity index is 1860. The summed E-state index contributed by atoms with van der Waals surface area (Å²) >= 11 is 0. The van der Waals surface area contributed by atoms with Crippen LogP contribution in [0.5, 0.6) is 11.5 Å². The second-order valence-corrected chi connectivity index (χ2v) is 11.1. The van der Waals surface area contributed by atoms with Crippen molar-refractivity contribution in [3.8, 4) is 11.5 Å². The van der Waals surface area contributed by atoms with E-state index >= 15 is 0 Å². The standard InChI is InChI=1S/C36H28N2O6/c1-21(39)44-26-18-13-24(14-19-26)34(41)32-31(33(40)23-11-16-25(43-2)17-12-23)36(27-8-4-5-9-28(27)37-35(36)42)30-20-15-22-7-3-6-10-29(22)38(30)32/h3-20,30-32H,1-2H3,(H,37,42)/t30-,31-,32+,36+/m0/s1. The fourth-order valence-corrected chi connectivity index (χ4v) is 7.08. The van der Waals surface area contributed by atoms with Crippen molar-refractivity contribution < 1.29 is 28.7 Å². The summed E-state index contributed by atoms with van der Waals surface area (Å²) in [7, 11) is 1.55. The molecule has 4 aromatic carbocycles. The fourth-order valence-electron chi connectivity index (χ4n) is 7.08. The summed E-state index contributed by atoms with van der Waals surface area (Å²) in [5.74, 6) is -1.66. The average molecular weight is 585 g/mol. The predicted octanol–water partition coefficient (Wildman–Crippen LogP) is 5.48. The van der Waals surface area contributed by atoms with Crippen LogP contribution >= 0.6 is 0 Å². The lowest BCUT2D eigenvalue weighted by Crippen LogP contribution is -2.51. The van der Waals surface area contributed by atoms with E-state index in [1.807, 2.05) is 65.6 Å². The monoisotopic (exact) mass is 584 g/mol. The van der Waals surface area contributed by atoms with Gasteiger partial charge in [0.15, 0.2) is 11.6 Å². The number of anilines is 2. The molecule has 1 amide bonds. The van der Waals surface area contributed by atoms with E-state index in [9.17, 15) is 19.2 Å². The molecule has 0 aliphatic carbocycles. The van der Waals surface area contributed by atoms with Crippen LogP contribution in [0.1, 0.15) is 38.8 Å². The maximum absolute atomic E-state index is 14.9. The van der Waals surface area contributed by atoms with Crippen molar-refractivity contribution in [2.75, 3.05) is 17.3 Å². The quantitative estimate of drug-likeness (QED) is 0.182. The first-order valence-corrected chi connectivity index (χ1v) is 14.3. The van der Waals surface area contributed by atoms with E-state index in [0.717, 1.165) is 11.3 Å². The molecule has 0 radical (unpaired) electrons. The van der Waals surface area contributed by atoms with E-state index in [0.29, 0.717) is 33.9 Å². The third-order valence-electron chi connectivity index (χ3n) is 8.87. The Morgan fingerprint density at radius 1 is 0.795 bits per heavy atom. The van der Waals surface area contributed by atoms with Crippen molar-refractivity contribution in [1.82, 2.24) is 0 Å². The lowest BCUT2D eigenvalue weighted by Gasteiger charge is -2.37. The molecule has 8 heteroatoms. The zero-order valence-corrected chi connectivity index (χ0v) is 24.0. The molecule has 7 rings (SSSR count). The molecule has 4 aromatic rings. The second kappa shape index (κ2) is 10.3. The summed E-state index contributed by atoms with van der Waals surface area (Å²) < 4.78 is 10.5. The number of hydrogen-bond donors (Lipinski definition) is 1. The number of Topliss-reactive ketones (excluding diaryl/α,β-unsaturated/α-hetero) is 2. The molecule has 3 aliphatic rings. The van der Waals surface area contributed by atoms with E-state index in [2.05, 4.69) is 5.32 Å². The number of amides is 1. The molecule has 0 saturated carbocycles. The van der Waals surface area contributed by atoms with Gasteiger partial charge in [0.25, 0.3) is 0 Å². The van der Waals surface area contributed by atoms with E-state index in [-0.39, 0.29) is 17.5 Å². The van der Waals surface area contributed by atoms with Gasteiger partial charge in [-0.05, 0) is 71.8 Å². The zero-order chi connectivity index (χ0) is 30.6. The number of fused-ring (bicyclic) bond motifs is 6. The van der Waals surface area contributed by atoms with Crippen molar-refractivity contribution in [1.29, 1.82) is 0 Å². The van der Waals surface area contributed by atoms with Gasteiger partial charge in [0.2, 0.25) is 5.91 Å². The lowest BCUT2D eigenvalue weighted by atomic mass is 9.64. The third-order valence-corrected chi connectivity index (χ3v) is 8.87. The van der Waals surface area contributed by atoms with Crippen molar-refractivity contribution in [2.45, 2.75) is 24.4 Å². The molecule has 3 aliphatic heterocycles. The Labute approximate surface area is 253 Å². The number of para-hydroxylation sites is 2. The van der Waals surface area contributed by atoms with Gasteiger partial charge in [-0.2, -0.15) is 0 Å². The third kappa shape index (κ3) is 3.98. The molecule has 4 atom stereocenters. The van der Waals surface area contributed by atoms with Gasteiger partial charge in [-0.1, -0.05) is 48.6 Å². The molecular weight excluding hydrogens is 556 g/mol. The topological polar surface area (TPSA) is 102 Å². The summed E-state index contributed by atoms with van der Waals surface area (Å²) in [5.41, 5.74) is 2.23. The lowest BCUT2D eigenvalue weighted by molar-refractivity contribution is -0.131. The first-order chi connectivity index (χ1) is 21.3. The van der Waals surface area contributed by atoms with Gasteiger partial charge in [-0.3, -0.25) is 19.2 Å². The van der Waals surface area contributed by atoms with Crippen LogP contribution in [-0.4, -0.2) is 42.6 Å². The van der Waals surface area contributed by atoms with Gasteiger partial charge in [0.05, 0.1) is 19.1 Å². The van der Waals surface area contributed by atoms with Crippen LogP contribution in [0, 0.1) is 5.92 Å². The number of carbonyl (C=O) groups is 4. The molecule has 1 fully saturated rings. The summed E-state index contributed by atoms with van der Waals surface area (Å²) in [6.45, 7) is 1.30. The molecule has 3 heterocycles. The van der Waals surface area contributed by atoms with Gasteiger partial charge < -0.3 is 19.7 Å².